The zero-order valence-electron chi connectivity index (χ0n) is 12.4. The highest BCUT2D eigenvalue weighted by Gasteiger charge is 2.41. The van der Waals surface area contributed by atoms with Gasteiger partial charge in [0.25, 0.3) is 0 Å². The molecule has 0 aromatic carbocycles. The van der Waals surface area contributed by atoms with E-state index < -0.39 is 11.4 Å². The molecule has 1 aromatic rings. The van der Waals surface area contributed by atoms with Gasteiger partial charge in [0.2, 0.25) is 5.91 Å². The summed E-state index contributed by atoms with van der Waals surface area (Å²) in [6.07, 6.45) is 5.54. The van der Waals surface area contributed by atoms with Crippen LogP contribution in [0, 0.1) is 11.3 Å². The number of carboxylic acid groups (broad SMARTS) is 1. The number of carboxylic acids is 1. The van der Waals surface area contributed by atoms with Crippen LogP contribution in [0.4, 0.5) is 0 Å². The minimum absolute atomic E-state index is 0.120. The van der Waals surface area contributed by atoms with Crippen molar-refractivity contribution in [3.05, 3.63) is 24.2 Å². The van der Waals surface area contributed by atoms with E-state index in [2.05, 4.69) is 12.2 Å². The molecule has 1 fully saturated rings. The Kier molecular flexibility index (Phi) is 5.04. The maximum absolute atomic E-state index is 11.9. The van der Waals surface area contributed by atoms with Crippen molar-refractivity contribution in [2.75, 3.05) is 6.54 Å². The first kappa shape index (κ1) is 15.6. The molecule has 5 nitrogen and oxygen atoms in total. The first-order valence-electron chi connectivity index (χ1n) is 7.54. The standard InChI is InChI=1S/C16H23NO4/c1-12-6-8-16(9-7-12,15(19)20)11-17-14(18)5-4-13-3-2-10-21-13/h2-3,10,12H,4-9,11H2,1H3,(H,17,18)(H,19,20). The summed E-state index contributed by atoms with van der Waals surface area (Å²) < 4.78 is 5.17. The van der Waals surface area contributed by atoms with Gasteiger partial charge in [-0.25, -0.2) is 0 Å². The van der Waals surface area contributed by atoms with Crippen LogP contribution in [0.5, 0.6) is 0 Å². The van der Waals surface area contributed by atoms with Gasteiger partial charge in [0, 0.05) is 19.4 Å². The fraction of sp³-hybridized carbons (Fsp3) is 0.625. The van der Waals surface area contributed by atoms with Crippen LogP contribution in [-0.2, 0) is 16.0 Å². The van der Waals surface area contributed by atoms with Crippen LogP contribution in [0.25, 0.3) is 0 Å². The molecular weight excluding hydrogens is 270 g/mol. The van der Waals surface area contributed by atoms with Crippen molar-refractivity contribution in [2.24, 2.45) is 11.3 Å². The van der Waals surface area contributed by atoms with E-state index in [1.807, 2.05) is 6.07 Å². The number of aliphatic carboxylic acids is 1. The van der Waals surface area contributed by atoms with Crippen molar-refractivity contribution in [2.45, 2.75) is 45.4 Å². The largest absolute Gasteiger partial charge is 0.481 e. The molecule has 0 spiro atoms. The van der Waals surface area contributed by atoms with Crippen molar-refractivity contribution in [1.29, 1.82) is 0 Å². The first-order chi connectivity index (χ1) is 10.0. The SMILES string of the molecule is CC1CCC(CNC(=O)CCc2ccco2)(C(=O)O)CC1. The second kappa shape index (κ2) is 6.78. The van der Waals surface area contributed by atoms with Crippen LogP contribution in [0.1, 0.15) is 44.8 Å². The predicted molar refractivity (Wildman–Crippen MR) is 77.7 cm³/mol. The minimum atomic E-state index is -0.791. The van der Waals surface area contributed by atoms with Gasteiger partial charge in [-0.15, -0.1) is 0 Å². The van der Waals surface area contributed by atoms with Gasteiger partial charge in [-0.05, 0) is 43.7 Å². The molecule has 1 amide bonds. The van der Waals surface area contributed by atoms with E-state index in [1.54, 1.807) is 12.3 Å². The summed E-state index contributed by atoms with van der Waals surface area (Å²) in [5.74, 6) is 0.433. The topological polar surface area (TPSA) is 79.5 Å². The molecule has 1 aliphatic rings. The fourth-order valence-corrected chi connectivity index (χ4v) is 2.83. The van der Waals surface area contributed by atoms with Gasteiger partial charge in [-0.3, -0.25) is 9.59 Å². The third kappa shape index (κ3) is 4.09. The molecule has 1 saturated carbocycles. The summed E-state index contributed by atoms with van der Waals surface area (Å²) in [7, 11) is 0. The lowest BCUT2D eigenvalue weighted by Crippen LogP contribution is -2.45. The highest BCUT2D eigenvalue weighted by atomic mass is 16.4. The molecule has 0 saturated heterocycles. The highest BCUT2D eigenvalue weighted by Crippen LogP contribution is 2.38. The normalized spacial score (nSPS) is 25.5. The summed E-state index contributed by atoms with van der Waals surface area (Å²) in [5.41, 5.74) is -0.785. The zero-order valence-corrected chi connectivity index (χ0v) is 12.4. The van der Waals surface area contributed by atoms with Crippen molar-refractivity contribution in [3.63, 3.8) is 0 Å². The number of rotatable bonds is 6. The number of carbonyl (C=O) groups is 2. The van der Waals surface area contributed by atoms with Crippen LogP contribution in [0.15, 0.2) is 22.8 Å². The van der Waals surface area contributed by atoms with Crippen LogP contribution >= 0.6 is 0 Å². The summed E-state index contributed by atoms with van der Waals surface area (Å²) in [5, 5.41) is 12.3. The van der Waals surface area contributed by atoms with Crippen molar-refractivity contribution in [1.82, 2.24) is 5.32 Å². The lowest BCUT2D eigenvalue weighted by molar-refractivity contribution is -0.151. The van der Waals surface area contributed by atoms with Crippen molar-refractivity contribution in [3.8, 4) is 0 Å². The summed E-state index contributed by atoms with van der Waals surface area (Å²) in [6.45, 7) is 2.37. The molecule has 1 aromatic heterocycles. The molecule has 0 unspecified atom stereocenters. The Bertz CT molecular complexity index is 472. The fourth-order valence-electron chi connectivity index (χ4n) is 2.83. The van der Waals surface area contributed by atoms with E-state index in [4.69, 9.17) is 4.42 Å². The quantitative estimate of drug-likeness (QED) is 0.845. The number of hydrogen-bond donors (Lipinski definition) is 2. The van der Waals surface area contributed by atoms with E-state index in [9.17, 15) is 14.7 Å². The number of aryl methyl sites for hydroxylation is 1. The molecule has 0 radical (unpaired) electrons. The number of carbonyl (C=O) groups excluding carboxylic acids is 1. The average Bonchev–Trinajstić information content (AvgIpc) is 2.98. The number of amides is 1. The van der Waals surface area contributed by atoms with Crippen molar-refractivity contribution >= 4 is 11.9 Å². The Balaban J connectivity index is 1.81. The number of furan rings is 1. The second-order valence-electron chi connectivity index (χ2n) is 6.12. The molecule has 0 atom stereocenters. The Morgan fingerprint density at radius 3 is 2.71 bits per heavy atom. The Labute approximate surface area is 124 Å². The molecular formula is C16H23NO4. The average molecular weight is 293 g/mol. The molecule has 0 aliphatic heterocycles. The van der Waals surface area contributed by atoms with E-state index >= 15 is 0 Å². The lowest BCUT2D eigenvalue weighted by atomic mass is 9.71. The van der Waals surface area contributed by atoms with Crippen LogP contribution in [0.3, 0.4) is 0 Å². The minimum Gasteiger partial charge on any atom is -0.481 e. The Morgan fingerprint density at radius 2 is 2.14 bits per heavy atom. The van der Waals surface area contributed by atoms with E-state index in [0.717, 1.165) is 18.6 Å². The van der Waals surface area contributed by atoms with Gasteiger partial charge < -0.3 is 14.8 Å². The summed E-state index contributed by atoms with van der Waals surface area (Å²) in [6, 6.07) is 3.62. The monoisotopic (exact) mass is 293 g/mol. The smallest absolute Gasteiger partial charge is 0.311 e. The third-order valence-electron chi connectivity index (χ3n) is 4.49. The second-order valence-corrected chi connectivity index (χ2v) is 6.12. The maximum atomic E-state index is 11.9. The Morgan fingerprint density at radius 1 is 1.43 bits per heavy atom. The predicted octanol–water partition coefficient (Wildman–Crippen LogP) is 2.61. The van der Waals surface area contributed by atoms with E-state index in [0.29, 0.717) is 31.6 Å². The molecule has 116 valence electrons. The molecule has 1 heterocycles. The zero-order chi connectivity index (χ0) is 15.3. The van der Waals surface area contributed by atoms with E-state index in [-0.39, 0.29) is 12.5 Å². The maximum Gasteiger partial charge on any atom is 0.311 e. The van der Waals surface area contributed by atoms with E-state index in [1.165, 1.54) is 0 Å². The van der Waals surface area contributed by atoms with Gasteiger partial charge in [0.15, 0.2) is 0 Å². The summed E-state index contributed by atoms with van der Waals surface area (Å²) in [4.78, 5) is 23.4. The number of nitrogens with one attached hydrogen (secondary N) is 1. The van der Waals surface area contributed by atoms with Crippen LogP contribution in [0.2, 0.25) is 0 Å². The molecule has 5 heteroatoms. The molecule has 2 N–H and O–H groups in total. The van der Waals surface area contributed by atoms with Crippen LogP contribution in [-0.4, -0.2) is 23.5 Å². The molecule has 21 heavy (non-hydrogen) atoms. The summed E-state index contributed by atoms with van der Waals surface area (Å²) >= 11 is 0. The molecule has 0 bridgehead atoms. The molecule has 2 rings (SSSR count). The number of hydrogen-bond acceptors (Lipinski definition) is 3. The first-order valence-corrected chi connectivity index (χ1v) is 7.54. The van der Waals surface area contributed by atoms with Crippen molar-refractivity contribution < 1.29 is 19.1 Å². The highest BCUT2D eigenvalue weighted by molar-refractivity contribution is 5.79. The Hall–Kier alpha value is -1.78. The van der Waals surface area contributed by atoms with Gasteiger partial charge in [-0.1, -0.05) is 6.92 Å². The van der Waals surface area contributed by atoms with Crippen LogP contribution < -0.4 is 5.32 Å². The van der Waals surface area contributed by atoms with Gasteiger partial charge in [0.05, 0.1) is 11.7 Å². The van der Waals surface area contributed by atoms with Gasteiger partial charge in [-0.2, -0.15) is 0 Å². The third-order valence-corrected chi connectivity index (χ3v) is 4.49. The molecule has 1 aliphatic carbocycles. The van der Waals surface area contributed by atoms with Gasteiger partial charge in [0.1, 0.15) is 5.76 Å². The lowest BCUT2D eigenvalue weighted by Gasteiger charge is -2.35. The van der Waals surface area contributed by atoms with Gasteiger partial charge >= 0.3 is 5.97 Å².